The van der Waals surface area contributed by atoms with Gasteiger partial charge in [-0.05, 0) is 21.0 Å². The average Bonchev–Trinajstić information content (AvgIpc) is 2.02. The normalized spacial score (nSPS) is 10.1. The first-order valence-electron chi connectivity index (χ1n) is 4.62. The summed E-state index contributed by atoms with van der Waals surface area (Å²) in [6.07, 6.45) is 0. The molecule has 0 atom stereocenters. The van der Waals surface area contributed by atoms with E-state index < -0.39 is 0 Å². The Balaban J connectivity index is 3.88. The van der Waals surface area contributed by atoms with Crippen molar-refractivity contribution in [3.63, 3.8) is 0 Å². The van der Waals surface area contributed by atoms with Gasteiger partial charge in [0.25, 0.3) is 0 Å². The van der Waals surface area contributed by atoms with Crippen LogP contribution in [0.25, 0.3) is 0 Å². The fourth-order valence-electron chi connectivity index (χ4n) is 0.948. The maximum absolute atomic E-state index is 11.4. The first-order chi connectivity index (χ1) is 6.47. The van der Waals surface area contributed by atoms with Crippen molar-refractivity contribution in [2.24, 2.45) is 0 Å². The lowest BCUT2D eigenvalue weighted by molar-refractivity contribution is -0.135. The van der Waals surface area contributed by atoms with Gasteiger partial charge < -0.3 is 15.1 Å². The monoisotopic (exact) mass is 201 g/mol. The summed E-state index contributed by atoms with van der Waals surface area (Å²) in [7, 11) is 5.26. The topological polar surface area (TPSA) is 52.7 Å². The van der Waals surface area contributed by atoms with Crippen LogP contribution in [0.4, 0.5) is 0 Å². The fourth-order valence-corrected chi connectivity index (χ4v) is 0.948. The lowest BCUT2D eigenvalue weighted by atomic mass is 10.4. The van der Waals surface area contributed by atoms with Crippen molar-refractivity contribution >= 4 is 11.8 Å². The zero-order valence-electron chi connectivity index (χ0n) is 9.33. The predicted octanol–water partition coefficient (Wildman–Crippen LogP) is -0.857. The molecule has 0 bridgehead atoms. The van der Waals surface area contributed by atoms with Gasteiger partial charge in [-0.1, -0.05) is 0 Å². The van der Waals surface area contributed by atoms with E-state index in [1.165, 1.54) is 4.90 Å². The number of hydrogen-bond acceptors (Lipinski definition) is 3. The Morgan fingerprint density at radius 1 is 1.14 bits per heavy atom. The molecule has 0 aliphatic heterocycles. The van der Waals surface area contributed by atoms with Gasteiger partial charge in [-0.3, -0.25) is 9.59 Å². The van der Waals surface area contributed by atoms with Crippen LogP contribution < -0.4 is 5.32 Å². The van der Waals surface area contributed by atoms with Gasteiger partial charge in [-0.15, -0.1) is 0 Å². The first kappa shape index (κ1) is 12.9. The largest absolute Gasteiger partial charge is 0.355 e. The molecule has 5 heteroatoms. The van der Waals surface area contributed by atoms with E-state index in [0.29, 0.717) is 13.1 Å². The van der Waals surface area contributed by atoms with Crippen LogP contribution in [0.15, 0.2) is 0 Å². The van der Waals surface area contributed by atoms with E-state index in [9.17, 15) is 9.59 Å². The molecule has 0 aromatic rings. The second-order valence-corrected chi connectivity index (χ2v) is 3.44. The number of carbonyl (C=O) groups is 2. The Bertz CT molecular complexity index is 204. The lowest BCUT2D eigenvalue weighted by Crippen LogP contribution is -2.41. The van der Waals surface area contributed by atoms with Crippen LogP contribution in [0, 0.1) is 0 Å². The van der Waals surface area contributed by atoms with Crippen molar-refractivity contribution in [2.45, 2.75) is 6.92 Å². The number of hydrogen-bond donors (Lipinski definition) is 1. The van der Waals surface area contributed by atoms with Crippen LogP contribution >= 0.6 is 0 Å². The van der Waals surface area contributed by atoms with Crippen molar-refractivity contribution in [3.8, 4) is 0 Å². The van der Waals surface area contributed by atoms with E-state index in [1.54, 1.807) is 11.9 Å². The zero-order chi connectivity index (χ0) is 11.1. The van der Waals surface area contributed by atoms with Crippen LogP contribution in [0.5, 0.6) is 0 Å². The summed E-state index contributed by atoms with van der Waals surface area (Å²) in [5, 5.41) is 2.64. The molecule has 0 saturated heterocycles. The van der Waals surface area contributed by atoms with Crippen molar-refractivity contribution in [1.82, 2.24) is 15.1 Å². The summed E-state index contributed by atoms with van der Waals surface area (Å²) >= 11 is 0. The lowest BCUT2D eigenvalue weighted by Gasteiger charge is -2.18. The minimum absolute atomic E-state index is 0.0544. The maximum Gasteiger partial charge on any atom is 0.239 e. The molecule has 0 spiro atoms. The third-order valence-electron chi connectivity index (χ3n) is 1.63. The van der Waals surface area contributed by atoms with Gasteiger partial charge in [0.15, 0.2) is 0 Å². The molecular formula is C9H19N3O2. The number of rotatable bonds is 5. The van der Waals surface area contributed by atoms with Gasteiger partial charge in [-0.25, -0.2) is 0 Å². The smallest absolute Gasteiger partial charge is 0.239 e. The molecule has 0 radical (unpaired) electrons. The minimum Gasteiger partial charge on any atom is -0.355 e. The molecule has 0 aromatic heterocycles. The van der Waals surface area contributed by atoms with Crippen molar-refractivity contribution < 1.29 is 9.59 Å². The van der Waals surface area contributed by atoms with Crippen LogP contribution in [-0.4, -0.2) is 62.4 Å². The van der Waals surface area contributed by atoms with E-state index >= 15 is 0 Å². The van der Waals surface area contributed by atoms with Gasteiger partial charge >= 0.3 is 0 Å². The van der Waals surface area contributed by atoms with Crippen molar-refractivity contribution in [3.05, 3.63) is 0 Å². The van der Waals surface area contributed by atoms with Crippen LogP contribution in [0.2, 0.25) is 0 Å². The average molecular weight is 201 g/mol. The van der Waals surface area contributed by atoms with E-state index in [1.807, 2.05) is 21.0 Å². The molecule has 0 heterocycles. The van der Waals surface area contributed by atoms with E-state index in [2.05, 4.69) is 5.32 Å². The number of likely N-dealkylation sites (N-methyl/N-ethyl adjacent to an activating group) is 3. The molecule has 14 heavy (non-hydrogen) atoms. The molecule has 0 saturated carbocycles. The van der Waals surface area contributed by atoms with Crippen LogP contribution in [-0.2, 0) is 9.59 Å². The summed E-state index contributed by atoms with van der Waals surface area (Å²) in [4.78, 5) is 25.7. The summed E-state index contributed by atoms with van der Waals surface area (Å²) in [6, 6.07) is 0. The van der Waals surface area contributed by atoms with Gasteiger partial charge in [0, 0.05) is 13.6 Å². The molecule has 82 valence electrons. The maximum atomic E-state index is 11.4. The first-order valence-corrected chi connectivity index (χ1v) is 4.62. The highest BCUT2D eigenvalue weighted by molar-refractivity contribution is 5.85. The van der Waals surface area contributed by atoms with Gasteiger partial charge in [0.05, 0.1) is 13.1 Å². The highest BCUT2D eigenvalue weighted by Crippen LogP contribution is 1.86. The standard InChI is InChI=1S/C9H19N3O2/c1-5-10-8(13)6-12(4)9(14)7-11(2)3/h5-7H2,1-4H3,(H,10,13). The highest BCUT2D eigenvalue weighted by Gasteiger charge is 2.12. The summed E-state index contributed by atoms with van der Waals surface area (Å²) in [5.41, 5.74) is 0. The molecular weight excluding hydrogens is 182 g/mol. The third kappa shape index (κ3) is 5.53. The van der Waals surface area contributed by atoms with E-state index in [4.69, 9.17) is 0 Å². The Morgan fingerprint density at radius 3 is 2.14 bits per heavy atom. The summed E-state index contributed by atoms with van der Waals surface area (Å²) < 4.78 is 0. The second-order valence-electron chi connectivity index (χ2n) is 3.44. The van der Waals surface area contributed by atoms with Gasteiger partial charge in [-0.2, -0.15) is 0 Å². The molecule has 0 unspecified atom stereocenters. The quantitative estimate of drug-likeness (QED) is 0.630. The van der Waals surface area contributed by atoms with Gasteiger partial charge in [0.1, 0.15) is 0 Å². The number of carbonyl (C=O) groups excluding carboxylic acids is 2. The molecule has 0 rings (SSSR count). The Morgan fingerprint density at radius 2 is 1.71 bits per heavy atom. The second kappa shape index (κ2) is 6.37. The zero-order valence-corrected chi connectivity index (χ0v) is 9.33. The summed E-state index contributed by atoms with van der Waals surface area (Å²) in [6.45, 7) is 2.89. The number of amides is 2. The highest BCUT2D eigenvalue weighted by atomic mass is 16.2. The SMILES string of the molecule is CCNC(=O)CN(C)C(=O)CN(C)C. The Kier molecular flexibility index (Phi) is 5.87. The predicted molar refractivity (Wildman–Crippen MR) is 54.9 cm³/mol. The molecule has 0 aliphatic carbocycles. The van der Waals surface area contributed by atoms with E-state index in [0.717, 1.165) is 0 Å². The molecule has 0 aromatic carbocycles. The van der Waals surface area contributed by atoms with Crippen molar-refractivity contribution in [2.75, 3.05) is 40.8 Å². The fraction of sp³-hybridized carbons (Fsp3) is 0.778. The molecule has 0 fully saturated rings. The van der Waals surface area contributed by atoms with Gasteiger partial charge in [0.2, 0.25) is 11.8 Å². The number of nitrogens with zero attached hydrogens (tertiary/aromatic N) is 2. The molecule has 2 amide bonds. The molecule has 0 aliphatic rings. The van der Waals surface area contributed by atoms with E-state index in [-0.39, 0.29) is 18.4 Å². The Labute approximate surface area is 85.1 Å². The van der Waals surface area contributed by atoms with Crippen LogP contribution in [0.1, 0.15) is 6.92 Å². The van der Waals surface area contributed by atoms with Crippen LogP contribution in [0.3, 0.4) is 0 Å². The molecule has 1 N–H and O–H groups in total. The Hall–Kier alpha value is -1.10. The minimum atomic E-state index is -0.123. The molecule has 5 nitrogen and oxygen atoms in total. The number of nitrogens with one attached hydrogen (secondary N) is 1. The summed E-state index contributed by atoms with van der Waals surface area (Å²) in [5.74, 6) is -0.177. The third-order valence-corrected chi connectivity index (χ3v) is 1.63. The van der Waals surface area contributed by atoms with Crippen molar-refractivity contribution in [1.29, 1.82) is 0 Å².